The number of hydrogen-bond acceptors (Lipinski definition) is 3. The monoisotopic (exact) mass is 245 g/mol. The zero-order valence-electron chi connectivity index (χ0n) is 8.59. The molecule has 3 rings (SSSR count). The molecule has 80 valence electrons. The maximum Gasteiger partial charge on any atom is 0.0660 e. The molecule has 0 radical (unpaired) electrons. The van der Waals surface area contributed by atoms with Gasteiger partial charge in [0, 0.05) is 9.58 Å². The molecule has 1 aromatic carbocycles. The summed E-state index contributed by atoms with van der Waals surface area (Å²) in [6, 6.07) is 12.6. The number of thiophene rings is 2. The first-order chi connectivity index (χ1) is 7.86. The fraction of sp³-hybridized carbons (Fsp3) is 0.0769. The molecule has 0 unspecified atom stereocenters. The quantitative estimate of drug-likeness (QED) is 0.725. The molecule has 0 saturated heterocycles. The fourth-order valence-corrected chi connectivity index (χ4v) is 3.60. The summed E-state index contributed by atoms with van der Waals surface area (Å²) < 4.78 is 1.31. The van der Waals surface area contributed by atoms with Gasteiger partial charge in [-0.1, -0.05) is 24.3 Å². The lowest BCUT2D eigenvalue weighted by molar-refractivity contribution is 0.908. The highest BCUT2D eigenvalue weighted by Crippen LogP contribution is 2.33. The molecule has 0 spiro atoms. The molecule has 1 atom stereocenters. The van der Waals surface area contributed by atoms with Gasteiger partial charge in [-0.25, -0.2) is 0 Å². The Hall–Kier alpha value is -1.16. The highest BCUT2D eigenvalue weighted by atomic mass is 32.1. The maximum absolute atomic E-state index is 6.29. The topological polar surface area (TPSA) is 26.0 Å². The third-order valence-corrected chi connectivity index (χ3v) is 4.63. The van der Waals surface area contributed by atoms with E-state index in [-0.39, 0.29) is 6.04 Å². The van der Waals surface area contributed by atoms with Crippen LogP contribution in [0.5, 0.6) is 0 Å². The summed E-state index contributed by atoms with van der Waals surface area (Å²) in [7, 11) is 0. The molecule has 2 N–H and O–H groups in total. The standard InChI is InChI=1S/C13H11NS2/c14-13(12-6-3-7-15-12)10-8-16-11-5-2-1-4-9(10)11/h1-8,13H,14H2/t13-/m1/s1. The van der Waals surface area contributed by atoms with Crippen molar-refractivity contribution in [2.75, 3.05) is 0 Å². The highest BCUT2D eigenvalue weighted by molar-refractivity contribution is 7.17. The van der Waals surface area contributed by atoms with Crippen molar-refractivity contribution in [3.63, 3.8) is 0 Å². The Balaban J connectivity index is 2.12. The Kier molecular flexibility index (Phi) is 2.52. The summed E-state index contributed by atoms with van der Waals surface area (Å²) in [6.07, 6.45) is 0. The van der Waals surface area contributed by atoms with Crippen LogP contribution in [-0.4, -0.2) is 0 Å². The average Bonchev–Trinajstić information content (AvgIpc) is 2.98. The Morgan fingerprint density at radius 1 is 1.00 bits per heavy atom. The number of rotatable bonds is 2. The Bertz CT molecular complexity index is 595. The third kappa shape index (κ3) is 1.57. The minimum absolute atomic E-state index is 0.0103. The van der Waals surface area contributed by atoms with Crippen molar-refractivity contribution in [2.45, 2.75) is 6.04 Å². The van der Waals surface area contributed by atoms with E-state index in [0.717, 1.165) is 0 Å². The van der Waals surface area contributed by atoms with Crippen LogP contribution < -0.4 is 5.73 Å². The van der Waals surface area contributed by atoms with Crippen LogP contribution in [0.1, 0.15) is 16.5 Å². The van der Waals surface area contributed by atoms with Gasteiger partial charge in [0.1, 0.15) is 0 Å². The van der Waals surface area contributed by atoms with Crippen molar-refractivity contribution < 1.29 is 0 Å². The van der Waals surface area contributed by atoms with Crippen LogP contribution in [-0.2, 0) is 0 Å². The van der Waals surface area contributed by atoms with Crippen molar-refractivity contribution in [3.8, 4) is 0 Å². The molecule has 0 amide bonds. The van der Waals surface area contributed by atoms with Gasteiger partial charge in [-0.3, -0.25) is 0 Å². The van der Waals surface area contributed by atoms with Gasteiger partial charge in [-0.15, -0.1) is 22.7 Å². The Morgan fingerprint density at radius 3 is 2.69 bits per heavy atom. The summed E-state index contributed by atoms with van der Waals surface area (Å²) in [6.45, 7) is 0. The van der Waals surface area contributed by atoms with Crippen molar-refractivity contribution in [2.24, 2.45) is 5.73 Å². The minimum atomic E-state index is 0.0103. The van der Waals surface area contributed by atoms with Crippen LogP contribution in [0.25, 0.3) is 10.1 Å². The lowest BCUT2D eigenvalue weighted by Crippen LogP contribution is -2.09. The van der Waals surface area contributed by atoms with Gasteiger partial charge in [0.25, 0.3) is 0 Å². The summed E-state index contributed by atoms with van der Waals surface area (Å²) >= 11 is 3.48. The van der Waals surface area contributed by atoms with Gasteiger partial charge in [0.2, 0.25) is 0 Å². The van der Waals surface area contributed by atoms with Crippen LogP contribution in [0.2, 0.25) is 0 Å². The van der Waals surface area contributed by atoms with E-state index in [4.69, 9.17) is 5.73 Å². The Labute approximate surface area is 102 Å². The van der Waals surface area contributed by atoms with Crippen LogP contribution in [0.4, 0.5) is 0 Å². The van der Waals surface area contributed by atoms with Crippen molar-refractivity contribution >= 4 is 32.8 Å². The van der Waals surface area contributed by atoms with E-state index in [1.165, 1.54) is 20.5 Å². The summed E-state index contributed by atoms with van der Waals surface area (Å²) in [5.41, 5.74) is 7.53. The van der Waals surface area contributed by atoms with E-state index in [1.807, 2.05) is 0 Å². The molecule has 3 aromatic rings. The summed E-state index contributed by atoms with van der Waals surface area (Å²) in [4.78, 5) is 1.23. The van der Waals surface area contributed by atoms with E-state index in [0.29, 0.717) is 0 Å². The van der Waals surface area contributed by atoms with Gasteiger partial charge in [0.15, 0.2) is 0 Å². The third-order valence-electron chi connectivity index (χ3n) is 2.70. The predicted octanol–water partition coefficient (Wildman–Crippen LogP) is 4.01. The first-order valence-electron chi connectivity index (χ1n) is 5.11. The summed E-state index contributed by atoms with van der Waals surface area (Å²) in [5, 5.41) is 5.53. The molecule has 16 heavy (non-hydrogen) atoms. The van der Waals surface area contributed by atoms with E-state index in [1.54, 1.807) is 22.7 Å². The number of benzene rings is 1. The second-order valence-corrected chi connectivity index (χ2v) is 5.57. The second kappa shape index (κ2) is 4.01. The van der Waals surface area contributed by atoms with E-state index in [9.17, 15) is 0 Å². The maximum atomic E-state index is 6.29. The van der Waals surface area contributed by atoms with Gasteiger partial charge in [-0.05, 0) is 33.8 Å². The highest BCUT2D eigenvalue weighted by Gasteiger charge is 2.13. The smallest absolute Gasteiger partial charge is 0.0660 e. The van der Waals surface area contributed by atoms with Crippen molar-refractivity contribution in [1.29, 1.82) is 0 Å². The van der Waals surface area contributed by atoms with Crippen molar-refractivity contribution in [1.82, 2.24) is 0 Å². The normalized spacial score (nSPS) is 13.1. The van der Waals surface area contributed by atoms with E-state index >= 15 is 0 Å². The van der Waals surface area contributed by atoms with Gasteiger partial charge >= 0.3 is 0 Å². The summed E-state index contributed by atoms with van der Waals surface area (Å²) in [5.74, 6) is 0. The van der Waals surface area contributed by atoms with E-state index in [2.05, 4.69) is 47.2 Å². The molecule has 0 saturated carbocycles. The molecule has 0 aliphatic carbocycles. The van der Waals surface area contributed by atoms with Crippen LogP contribution in [0.3, 0.4) is 0 Å². The molecule has 2 heterocycles. The van der Waals surface area contributed by atoms with Crippen LogP contribution in [0, 0.1) is 0 Å². The van der Waals surface area contributed by atoms with Crippen LogP contribution in [0.15, 0.2) is 47.2 Å². The zero-order chi connectivity index (χ0) is 11.0. The van der Waals surface area contributed by atoms with Gasteiger partial charge in [0.05, 0.1) is 6.04 Å². The lowest BCUT2D eigenvalue weighted by Gasteiger charge is -2.08. The molecule has 3 heteroatoms. The molecule has 0 aliphatic heterocycles. The van der Waals surface area contributed by atoms with Crippen LogP contribution >= 0.6 is 22.7 Å². The van der Waals surface area contributed by atoms with Gasteiger partial charge < -0.3 is 5.73 Å². The number of hydrogen-bond donors (Lipinski definition) is 1. The SMILES string of the molecule is N[C@@H](c1cccs1)c1csc2ccccc12. The molecule has 0 bridgehead atoms. The number of nitrogens with two attached hydrogens (primary N) is 1. The van der Waals surface area contributed by atoms with Gasteiger partial charge in [-0.2, -0.15) is 0 Å². The molecule has 1 nitrogen and oxygen atoms in total. The Morgan fingerprint density at radius 2 is 1.88 bits per heavy atom. The minimum Gasteiger partial charge on any atom is -0.320 e. The molecular formula is C13H11NS2. The molecule has 0 fully saturated rings. The molecule has 2 aromatic heterocycles. The lowest BCUT2D eigenvalue weighted by atomic mass is 10.1. The fourth-order valence-electron chi connectivity index (χ4n) is 1.86. The average molecular weight is 245 g/mol. The largest absolute Gasteiger partial charge is 0.320 e. The first-order valence-corrected chi connectivity index (χ1v) is 6.87. The number of fused-ring (bicyclic) bond motifs is 1. The second-order valence-electron chi connectivity index (χ2n) is 3.68. The van der Waals surface area contributed by atoms with E-state index < -0.39 is 0 Å². The first kappa shape index (κ1) is 10.0. The predicted molar refractivity (Wildman–Crippen MR) is 72.2 cm³/mol. The molecule has 0 aliphatic rings. The van der Waals surface area contributed by atoms with Crippen molar-refractivity contribution in [3.05, 3.63) is 57.6 Å². The zero-order valence-corrected chi connectivity index (χ0v) is 10.2. The molecular weight excluding hydrogens is 234 g/mol.